The minimum absolute atomic E-state index is 0.160. The van der Waals surface area contributed by atoms with E-state index in [-0.39, 0.29) is 17.7 Å². The number of halogens is 1. The van der Waals surface area contributed by atoms with E-state index >= 15 is 0 Å². The van der Waals surface area contributed by atoms with Crippen LogP contribution in [0, 0.1) is 0 Å². The summed E-state index contributed by atoms with van der Waals surface area (Å²) >= 11 is 5.88. The zero-order valence-electron chi connectivity index (χ0n) is 11.6. The molecule has 1 spiro atoms. The molecule has 2 aliphatic rings. The zero-order valence-corrected chi connectivity index (χ0v) is 12.4. The van der Waals surface area contributed by atoms with Gasteiger partial charge in [0.25, 0.3) is 0 Å². The zero-order chi connectivity index (χ0) is 13.7. The van der Waals surface area contributed by atoms with Crippen LogP contribution in [0.4, 0.5) is 0 Å². The molecular formula is C14H24ClNO3. The Labute approximate surface area is 120 Å². The number of esters is 1. The third-order valence-corrected chi connectivity index (χ3v) is 4.59. The number of carbonyl (C=O) groups is 1. The lowest BCUT2D eigenvalue weighted by atomic mass is 9.83. The molecule has 0 amide bonds. The smallest absolute Gasteiger partial charge is 0.325 e. The second-order valence-corrected chi connectivity index (χ2v) is 6.20. The van der Waals surface area contributed by atoms with Crippen LogP contribution >= 0.6 is 11.6 Å². The van der Waals surface area contributed by atoms with Crippen molar-refractivity contribution in [2.24, 2.45) is 0 Å². The van der Waals surface area contributed by atoms with Crippen LogP contribution in [0.3, 0.4) is 0 Å². The summed E-state index contributed by atoms with van der Waals surface area (Å²) in [6.45, 7) is 1.20. The molecule has 2 unspecified atom stereocenters. The van der Waals surface area contributed by atoms with Crippen LogP contribution in [0.25, 0.3) is 0 Å². The summed E-state index contributed by atoms with van der Waals surface area (Å²) in [5.41, 5.74) is 0.160. The summed E-state index contributed by atoms with van der Waals surface area (Å²) in [7, 11) is 1.35. The molecule has 1 aliphatic heterocycles. The Morgan fingerprint density at radius 1 is 1.42 bits per heavy atom. The van der Waals surface area contributed by atoms with Crippen LogP contribution in [0.15, 0.2) is 0 Å². The minimum Gasteiger partial charge on any atom is -0.468 e. The molecule has 1 heterocycles. The second kappa shape index (κ2) is 6.91. The highest BCUT2D eigenvalue weighted by atomic mass is 35.5. The molecule has 110 valence electrons. The molecule has 0 radical (unpaired) electrons. The molecular weight excluding hydrogens is 266 g/mol. The van der Waals surface area contributed by atoms with E-state index in [1.54, 1.807) is 0 Å². The number of hydrogen-bond acceptors (Lipinski definition) is 4. The van der Waals surface area contributed by atoms with E-state index in [4.69, 9.17) is 16.3 Å². The summed E-state index contributed by atoms with van der Waals surface area (Å²) in [5.74, 6) is -0.384. The van der Waals surface area contributed by atoms with E-state index in [1.807, 2.05) is 0 Å². The predicted molar refractivity (Wildman–Crippen MR) is 74.4 cm³/mol. The van der Waals surface area contributed by atoms with Crippen LogP contribution < -0.4 is 5.32 Å². The Hall–Kier alpha value is -0.320. The number of nitrogens with one attached hydrogen (secondary N) is 1. The molecule has 2 rings (SSSR count). The highest BCUT2D eigenvalue weighted by molar-refractivity contribution is 6.30. The average Bonchev–Trinajstić information content (AvgIpc) is 2.81. The van der Waals surface area contributed by atoms with E-state index in [1.165, 1.54) is 45.6 Å². The van der Waals surface area contributed by atoms with Gasteiger partial charge < -0.3 is 14.8 Å². The maximum absolute atomic E-state index is 11.2. The Bertz CT molecular complexity index is 305. The molecule has 1 saturated carbocycles. The summed E-state index contributed by atoms with van der Waals surface area (Å²) in [5, 5.41) is 2.59. The van der Waals surface area contributed by atoms with Crippen molar-refractivity contribution in [3.63, 3.8) is 0 Å². The number of methoxy groups -OCH3 is 1. The first-order chi connectivity index (χ1) is 9.15. The van der Waals surface area contributed by atoms with Crippen molar-refractivity contribution in [3.8, 4) is 0 Å². The molecule has 0 aromatic rings. The van der Waals surface area contributed by atoms with E-state index < -0.39 is 5.38 Å². The van der Waals surface area contributed by atoms with Crippen molar-refractivity contribution in [1.29, 1.82) is 0 Å². The molecule has 0 bridgehead atoms. The Morgan fingerprint density at radius 2 is 2.16 bits per heavy atom. The van der Waals surface area contributed by atoms with Crippen LogP contribution in [-0.4, -0.2) is 43.3 Å². The quantitative estimate of drug-likeness (QED) is 0.623. The third kappa shape index (κ3) is 4.07. The van der Waals surface area contributed by atoms with Crippen molar-refractivity contribution >= 4 is 17.6 Å². The van der Waals surface area contributed by atoms with Gasteiger partial charge in [0.1, 0.15) is 5.38 Å². The van der Waals surface area contributed by atoms with Crippen LogP contribution in [0.2, 0.25) is 0 Å². The summed E-state index contributed by atoms with van der Waals surface area (Å²) < 4.78 is 10.8. The highest BCUT2D eigenvalue weighted by Gasteiger charge is 2.40. The van der Waals surface area contributed by atoms with Crippen LogP contribution in [-0.2, 0) is 14.3 Å². The number of rotatable bonds is 5. The lowest BCUT2D eigenvalue weighted by Crippen LogP contribution is -2.37. The van der Waals surface area contributed by atoms with Gasteiger partial charge in [-0.05, 0) is 25.7 Å². The van der Waals surface area contributed by atoms with Crippen molar-refractivity contribution < 1.29 is 14.3 Å². The molecule has 0 aromatic carbocycles. The highest BCUT2D eigenvalue weighted by Crippen LogP contribution is 2.41. The van der Waals surface area contributed by atoms with E-state index in [2.05, 4.69) is 10.1 Å². The summed E-state index contributed by atoms with van der Waals surface area (Å²) in [6, 6.07) is 0. The molecule has 19 heavy (non-hydrogen) atoms. The largest absolute Gasteiger partial charge is 0.468 e. The van der Waals surface area contributed by atoms with Gasteiger partial charge in [-0.1, -0.05) is 19.3 Å². The van der Waals surface area contributed by atoms with Crippen LogP contribution in [0.1, 0.15) is 44.9 Å². The van der Waals surface area contributed by atoms with E-state index in [9.17, 15) is 4.79 Å². The lowest BCUT2D eigenvalue weighted by molar-refractivity contribution is -0.140. The van der Waals surface area contributed by atoms with Gasteiger partial charge in [0, 0.05) is 13.1 Å². The van der Waals surface area contributed by atoms with E-state index in [0.717, 1.165) is 13.0 Å². The summed E-state index contributed by atoms with van der Waals surface area (Å²) in [6.07, 6.45) is 8.92. The first-order valence-corrected chi connectivity index (χ1v) is 7.69. The SMILES string of the molecule is COC(=O)C(Cl)CNCC1CCC2(CCCCC2)O1. The van der Waals surface area contributed by atoms with Crippen molar-refractivity contribution in [2.75, 3.05) is 20.2 Å². The molecule has 2 fully saturated rings. The summed E-state index contributed by atoms with van der Waals surface area (Å²) in [4.78, 5) is 11.2. The predicted octanol–water partition coefficient (Wildman–Crippen LogP) is 2.24. The molecule has 0 aromatic heterocycles. The molecule has 5 heteroatoms. The monoisotopic (exact) mass is 289 g/mol. The van der Waals surface area contributed by atoms with Crippen molar-refractivity contribution in [2.45, 2.75) is 62.0 Å². The van der Waals surface area contributed by atoms with Crippen molar-refractivity contribution in [1.82, 2.24) is 5.32 Å². The average molecular weight is 290 g/mol. The standard InChI is InChI=1S/C14H24ClNO3/c1-18-13(17)12(15)10-16-9-11-5-8-14(19-11)6-3-2-4-7-14/h11-12,16H,2-10H2,1H3. The topological polar surface area (TPSA) is 47.6 Å². The molecule has 4 nitrogen and oxygen atoms in total. The second-order valence-electron chi connectivity index (χ2n) is 5.67. The van der Waals surface area contributed by atoms with Gasteiger partial charge in [0.15, 0.2) is 0 Å². The Morgan fingerprint density at radius 3 is 2.84 bits per heavy atom. The first-order valence-electron chi connectivity index (χ1n) is 7.26. The molecule has 2 atom stereocenters. The lowest BCUT2D eigenvalue weighted by Gasteiger charge is -2.33. The van der Waals surface area contributed by atoms with Gasteiger partial charge in [-0.25, -0.2) is 0 Å². The number of alkyl halides is 1. The van der Waals surface area contributed by atoms with Crippen LogP contribution in [0.5, 0.6) is 0 Å². The number of carbonyl (C=O) groups excluding carboxylic acids is 1. The normalized spacial score (nSPS) is 27.4. The molecule has 1 N–H and O–H groups in total. The third-order valence-electron chi connectivity index (χ3n) is 4.26. The Kier molecular flexibility index (Phi) is 5.48. The van der Waals surface area contributed by atoms with Gasteiger partial charge in [0.2, 0.25) is 0 Å². The van der Waals surface area contributed by atoms with Gasteiger partial charge in [-0.15, -0.1) is 11.6 Å². The van der Waals surface area contributed by atoms with Gasteiger partial charge >= 0.3 is 5.97 Å². The maximum Gasteiger partial charge on any atom is 0.325 e. The van der Waals surface area contributed by atoms with Gasteiger partial charge in [0.05, 0.1) is 18.8 Å². The fourth-order valence-corrected chi connectivity index (χ4v) is 3.38. The number of hydrogen-bond donors (Lipinski definition) is 1. The van der Waals surface area contributed by atoms with Gasteiger partial charge in [-0.3, -0.25) is 4.79 Å². The fraction of sp³-hybridized carbons (Fsp3) is 0.929. The first kappa shape index (κ1) is 15.1. The fourth-order valence-electron chi connectivity index (χ4n) is 3.19. The maximum atomic E-state index is 11.2. The van der Waals surface area contributed by atoms with Crippen molar-refractivity contribution in [3.05, 3.63) is 0 Å². The van der Waals surface area contributed by atoms with E-state index in [0.29, 0.717) is 6.54 Å². The number of ether oxygens (including phenoxy) is 2. The minimum atomic E-state index is -0.616. The van der Waals surface area contributed by atoms with Gasteiger partial charge in [-0.2, -0.15) is 0 Å². The molecule has 1 saturated heterocycles. The molecule has 1 aliphatic carbocycles. The Balaban J connectivity index is 1.66.